The van der Waals surface area contributed by atoms with Crippen LogP contribution in [0.25, 0.3) is 0 Å². The number of hydrogen-bond acceptors (Lipinski definition) is 2. The highest BCUT2D eigenvalue weighted by atomic mass is 16.3. The lowest BCUT2D eigenvalue weighted by Crippen LogP contribution is -2.04. The van der Waals surface area contributed by atoms with Gasteiger partial charge in [-0.15, -0.1) is 0 Å². The summed E-state index contributed by atoms with van der Waals surface area (Å²) < 4.78 is 1.87. The molecule has 0 saturated carbocycles. The van der Waals surface area contributed by atoms with Crippen LogP contribution in [0.3, 0.4) is 0 Å². The summed E-state index contributed by atoms with van der Waals surface area (Å²) in [5.41, 5.74) is 2.23. The smallest absolute Gasteiger partial charge is 0.0596 e. The Morgan fingerprint density at radius 1 is 1.67 bits per heavy atom. The summed E-state index contributed by atoms with van der Waals surface area (Å²) in [5, 5.41) is 13.3. The van der Waals surface area contributed by atoms with Crippen molar-refractivity contribution < 1.29 is 5.11 Å². The quantitative estimate of drug-likeness (QED) is 0.732. The molecule has 1 atom stereocenters. The summed E-state index contributed by atoms with van der Waals surface area (Å²) in [6, 6.07) is 2.06. The van der Waals surface area contributed by atoms with Gasteiger partial charge >= 0.3 is 0 Å². The van der Waals surface area contributed by atoms with Crippen LogP contribution in [0.1, 0.15) is 24.7 Å². The average Bonchev–Trinajstić information content (AvgIpc) is 2.26. The monoisotopic (exact) mass is 168 g/mol. The zero-order valence-corrected chi connectivity index (χ0v) is 7.91. The third kappa shape index (κ3) is 2.34. The summed E-state index contributed by atoms with van der Waals surface area (Å²) in [6.45, 7) is 3.79. The molecule has 0 aliphatic heterocycles. The van der Waals surface area contributed by atoms with E-state index in [2.05, 4.69) is 11.2 Å². The molecule has 0 amide bonds. The second kappa shape index (κ2) is 3.72. The molecule has 0 aromatic carbocycles. The third-order valence-electron chi connectivity index (χ3n) is 1.92. The lowest BCUT2D eigenvalue weighted by molar-refractivity contribution is 0.184. The summed E-state index contributed by atoms with van der Waals surface area (Å²) in [5.74, 6) is 0. The second-order valence-electron chi connectivity index (χ2n) is 3.29. The molecular formula is C9H16N2O. The molecule has 0 aliphatic rings. The Bertz CT molecular complexity index is 253. The van der Waals surface area contributed by atoms with E-state index in [9.17, 15) is 0 Å². The van der Waals surface area contributed by atoms with Crippen molar-refractivity contribution in [2.45, 2.75) is 32.8 Å². The van der Waals surface area contributed by atoms with Crippen molar-refractivity contribution in [1.82, 2.24) is 9.78 Å². The van der Waals surface area contributed by atoms with Crippen molar-refractivity contribution in [3.8, 4) is 0 Å². The van der Waals surface area contributed by atoms with E-state index in [0.717, 1.165) is 18.5 Å². The molecule has 0 spiro atoms. The Balaban J connectivity index is 2.57. The Hall–Kier alpha value is -0.830. The average molecular weight is 168 g/mol. The van der Waals surface area contributed by atoms with Gasteiger partial charge < -0.3 is 5.11 Å². The Labute approximate surface area is 73.0 Å². The Morgan fingerprint density at radius 2 is 2.33 bits per heavy atom. The molecule has 1 N–H and O–H groups in total. The second-order valence-corrected chi connectivity index (χ2v) is 3.29. The van der Waals surface area contributed by atoms with E-state index in [1.165, 1.54) is 5.69 Å². The molecule has 12 heavy (non-hydrogen) atoms. The topological polar surface area (TPSA) is 38.0 Å². The maximum Gasteiger partial charge on any atom is 0.0596 e. The molecule has 0 radical (unpaired) electrons. The fourth-order valence-electron chi connectivity index (χ4n) is 1.25. The summed E-state index contributed by atoms with van der Waals surface area (Å²) in [7, 11) is 1.93. The van der Waals surface area contributed by atoms with Crippen molar-refractivity contribution in [2.24, 2.45) is 7.05 Å². The van der Waals surface area contributed by atoms with Crippen LogP contribution < -0.4 is 0 Å². The minimum absolute atomic E-state index is 0.222. The number of aliphatic hydroxyl groups excluding tert-OH is 1. The van der Waals surface area contributed by atoms with Crippen molar-refractivity contribution >= 4 is 0 Å². The van der Waals surface area contributed by atoms with Crippen LogP contribution in [-0.4, -0.2) is 21.0 Å². The maximum atomic E-state index is 9.08. The number of aryl methyl sites for hydroxylation is 3. The lowest BCUT2D eigenvalue weighted by Gasteiger charge is -2.03. The van der Waals surface area contributed by atoms with E-state index in [1.807, 2.05) is 25.6 Å². The van der Waals surface area contributed by atoms with E-state index < -0.39 is 0 Å². The molecule has 0 unspecified atom stereocenters. The van der Waals surface area contributed by atoms with Gasteiger partial charge in [0.1, 0.15) is 0 Å². The predicted octanol–water partition coefficient (Wildman–Crippen LogP) is 1.04. The van der Waals surface area contributed by atoms with Crippen molar-refractivity contribution in [3.05, 3.63) is 17.5 Å². The minimum Gasteiger partial charge on any atom is -0.393 e. The van der Waals surface area contributed by atoms with E-state index in [-0.39, 0.29) is 6.10 Å². The SMILES string of the molecule is Cc1cc(CC[C@@H](C)O)n(C)n1. The van der Waals surface area contributed by atoms with E-state index in [4.69, 9.17) is 5.11 Å². The summed E-state index contributed by atoms with van der Waals surface area (Å²) >= 11 is 0. The molecule has 3 heteroatoms. The first-order valence-corrected chi connectivity index (χ1v) is 4.27. The van der Waals surface area contributed by atoms with Crippen LogP contribution in [0.5, 0.6) is 0 Å². The van der Waals surface area contributed by atoms with E-state index >= 15 is 0 Å². The highest BCUT2D eigenvalue weighted by Crippen LogP contribution is 2.06. The zero-order valence-electron chi connectivity index (χ0n) is 7.91. The molecule has 0 saturated heterocycles. The number of hydrogen-bond donors (Lipinski definition) is 1. The van der Waals surface area contributed by atoms with Crippen LogP contribution in [0.2, 0.25) is 0 Å². The fourth-order valence-corrected chi connectivity index (χ4v) is 1.25. The van der Waals surface area contributed by atoms with E-state index in [0.29, 0.717) is 0 Å². The summed E-state index contributed by atoms with van der Waals surface area (Å²) in [4.78, 5) is 0. The van der Waals surface area contributed by atoms with Gasteiger partial charge in [0, 0.05) is 12.7 Å². The first-order valence-electron chi connectivity index (χ1n) is 4.27. The number of nitrogens with zero attached hydrogens (tertiary/aromatic N) is 2. The van der Waals surface area contributed by atoms with Crippen molar-refractivity contribution in [1.29, 1.82) is 0 Å². The van der Waals surface area contributed by atoms with Gasteiger partial charge in [-0.05, 0) is 32.8 Å². The number of rotatable bonds is 3. The largest absolute Gasteiger partial charge is 0.393 e. The van der Waals surface area contributed by atoms with Gasteiger partial charge in [0.25, 0.3) is 0 Å². The highest BCUT2D eigenvalue weighted by molar-refractivity contribution is 5.08. The molecule has 1 aromatic rings. The van der Waals surface area contributed by atoms with E-state index in [1.54, 1.807) is 0 Å². The Morgan fingerprint density at radius 3 is 2.75 bits per heavy atom. The molecule has 1 aromatic heterocycles. The van der Waals surface area contributed by atoms with Crippen molar-refractivity contribution in [2.75, 3.05) is 0 Å². The van der Waals surface area contributed by atoms with Gasteiger partial charge in [-0.25, -0.2) is 0 Å². The van der Waals surface area contributed by atoms with Crippen LogP contribution in [0, 0.1) is 6.92 Å². The number of aromatic nitrogens is 2. The minimum atomic E-state index is -0.222. The normalized spacial score (nSPS) is 13.3. The summed E-state index contributed by atoms with van der Waals surface area (Å²) in [6.07, 6.45) is 1.48. The van der Waals surface area contributed by atoms with Crippen LogP contribution >= 0.6 is 0 Å². The van der Waals surface area contributed by atoms with Gasteiger partial charge in [-0.1, -0.05) is 0 Å². The van der Waals surface area contributed by atoms with Gasteiger partial charge in [0.05, 0.1) is 11.8 Å². The Kier molecular flexibility index (Phi) is 2.87. The predicted molar refractivity (Wildman–Crippen MR) is 47.9 cm³/mol. The van der Waals surface area contributed by atoms with Gasteiger partial charge in [0.15, 0.2) is 0 Å². The molecule has 1 rings (SSSR count). The van der Waals surface area contributed by atoms with Crippen LogP contribution in [0.15, 0.2) is 6.07 Å². The molecule has 0 bridgehead atoms. The zero-order chi connectivity index (χ0) is 9.14. The first kappa shape index (κ1) is 9.26. The molecule has 3 nitrogen and oxygen atoms in total. The number of aliphatic hydroxyl groups is 1. The molecular weight excluding hydrogens is 152 g/mol. The fraction of sp³-hybridized carbons (Fsp3) is 0.667. The molecule has 0 fully saturated rings. The van der Waals surface area contributed by atoms with Gasteiger partial charge in [-0.3, -0.25) is 4.68 Å². The van der Waals surface area contributed by atoms with Gasteiger partial charge in [-0.2, -0.15) is 5.10 Å². The highest BCUT2D eigenvalue weighted by Gasteiger charge is 2.03. The first-order chi connectivity index (χ1) is 5.59. The molecule has 68 valence electrons. The standard InChI is InChI=1S/C9H16N2O/c1-7-6-9(11(3)10-7)5-4-8(2)12/h6,8,12H,4-5H2,1-3H3/t8-/m1/s1. The third-order valence-corrected chi connectivity index (χ3v) is 1.92. The van der Waals surface area contributed by atoms with Gasteiger partial charge in [0.2, 0.25) is 0 Å². The van der Waals surface area contributed by atoms with Crippen LogP contribution in [0.4, 0.5) is 0 Å². The molecule has 1 heterocycles. The van der Waals surface area contributed by atoms with Crippen molar-refractivity contribution in [3.63, 3.8) is 0 Å². The van der Waals surface area contributed by atoms with Crippen LogP contribution in [-0.2, 0) is 13.5 Å². The maximum absolute atomic E-state index is 9.08. The lowest BCUT2D eigenvalue weighted by atomic mass is 10.2. The molecule has 0 aliphatic carbocycles.